The average Bonchev–Trinajstić information content (AvgIpc) is 3.33. The smallest absolute Gasteiger partial charge is 0.410 e. The number of hydrogen-bond donors (Lipinski definition) is 0. The zero-order valence-corrected chi connectivity index (χ0v) is 27.6. The number of nitrogens with zero attached hydrogens (tertiary/aromatic N) is 5. The topological polar surface area (TPSA) is 70.5 Å². The van der Waals surface area contributed by atoms with Crippen LogP contribution in [0.1, 0.15) is 38.8 Å². The highest BCUT2D eigenvalue weighted by Gasteiger charge is 2.25. The molecule has 4 aromatic rings. The fraction of sp³-hybridized carbons (Fsp3) is 0.444. The molecule has 240 valence electrons. The van der Waals surface area contributed by atoms with Gasteiger partial charge in [0.25, 0.3) is 0 Å². The third-order valence-corrected chi connectivity index (χ3v) is 8.25. The summed E-state index contributed by atoms with van der Waals surface area (Å²) in [4.78, 5) is 34.0. The van der Waals surface area contributed by atoms with E-state index in [0.717, 1.165) is 37.1 Å². The van der Waals surface area contributed by atoms with Crippen LogP contribution in [0.25, 0.3) is 21.8 Å². The van der Waals surface area contributed by atoms with Gasteiger partial charge in [-0.2, -0.15) is 0 Å². The van der Waals surface area contributed by atoms with Gasteiger partial charge in [0.05, 0.1) is 6.54 Å². The van der Waals surface area contributed by atoms with Crippen LogP contribution in [0.3, 0.4) is 0 Å². The number of amides is 2. The van der Waals surface area contributed by atoms with E-state index in [1.807, 2.05) is 34.9 Å². The number of carbonyl (C=O) groups is 2. The van der Waals surface area contributed by atoms with E-state index in [1.54, 1.807) is 9.80 Å². The van der Waals surface area contributed by atoms with Crippen molar-refractivity contribution in [2.75, 3.05) is 58.3 Å². The molecule has 1 aromatic heterocycles. The van der Waals surface area contributed by atoms with Crippen LogP contribution in [0.15, 0.2) is 66.7 Å². The number of hydrogen-bond acceptors (Lipinski definition) is 6. The molecule has 9 nitrogen and oxygen atoms in total. The molecule has 9 heteroatoms. The Morgan fingerprint density at radius 2 is 1.51 bits per heavy atom. The average molecular weight is 614 g/mol. The highest BCUT2D eigenvalue weighted by molar-refractivity contribution is 6.08. The molecule has 0 radical (unpaired) electrons. The maximum Gasteiger partial charge on any atom is 0.410 e. The zero-order chi connectivity index (χ0) is 32.1. The number of anilines is 1. The first kappa shape index (κ1) is 32.2. The first-order chi connectivity index (χ1) is 21.5. The highest BCUT2D eigenvalue weighted by Crippen LogP contribution is 2.30. The van der Waals surface area contributed by atoms with Gasteiger partial charge in [0, 0.05) is 87.4 Å². The van der Waals surface area contributed by atoms with Crippen molar-refractivity contribution in [3.8, 4) is 0 Å². The Balaban J connectivity index is 1.18. The number of rotatable bonds is 9. The van der Waals surface area contributed by atoms with Crippen molar-refractivity contribution in [3.63, 3.8) is 0 Å². The Kier molecular flexibility index (Phi) is 9.87. The van der Waals surface area contributed by atoms with E-state index >= 15 is 0 Å². The summed E-state index contributed by atoms with van der Waals surface area (Å²) < 4.78 is 13.7. The predicted molar refractivity (Wildman–Crippen MR) is 181 cm³/mol. The van der Waals surface area contributed by atoms with Gasteiger partial charge in [0.2, 0.25) is 0 Å². The van der Waals surface area contributed by atoms with Crippen LogP contribution >= 0.6 is 0 Å². The summed E-state index contributed by atoms with van der Waals surface area (Å²) in [7, 11) is 4.07. The van der Waals surface area contributed by atoms with E-state index in [2.05, 4.69) is 88.0 Å². The first-order valence-corrected chi connectivity index (χ1v) is 15.9. The number of piperazine rings is 1. The van der Waals surface area contributed by atoms with E-state index < -0.39 is 11.7 Å². The summed E-state index contributed by atoms with van der Waals surface area (Å²) in [6.07, 6.45) is -0.773. The molecule has 0 bridgehead atoms. The second-order valence-corrected chi connectivity index (χ2v) is 13.0. The van der Waals surface area contributed by atoms with E-state index in [-0.39, 0.29) is 19.2 Å². The second kappa shape index (κ2) is 13.8. The summed E-state index contributed by atoms with van der Waals surface area (Å²) in [6.45, 7) is 12.9. The van der Waals surface area contributed by atoms with Gasteiger partial charge in [-0.3, -0.25) is 4.90 Å². The third kappa shape index (κ3) is 7.89. The molecule has 0 atom stereocenters. The molecule has 1 aliphatic heterocycles. The Labute approximate surface area is 266 Å². The monoisotopic (exact) mass is 613 g/mol. The van der Waals surface area contributed by atoms with Gasteiger partial charge >= 0.3 is 12.2 Å². The summed E-state index contributed by atoms with van der Waals surface area (Å²) in [5, 5.41) is 2.35. The number of aryl methyl sites for hydroxylation is 1. The lowest BCUT2D eigenvalue weighted by Gasteiger charge is -2.34. The summed E-state index contributed by atoms with van der Waals surface area (Å²) >= 11 is 0. The molecule has 3 aromatic carbocycles. The summed E-state index contributed by atoms with van der Waals surface area (Å²) in [6, 6.07) is 23.3. The molecule has 0 unspecified atom stereocenters. The van der Waals surface area contributed by atoms with Crippen molar-refractivity contribution in [2.24, 2.45) is 0 Å². The van der Waals surface area contributed by atoms with Crippen LogP contribution < -0.4 is 4.90 Å². The molecule has 45 heavy (non-hydrogen) atoms. The summed E-state index contributed by atoms with van der Waals surface area (Å²) in [5.41, 5.74) is 5.15. The van der Waals surface area contributed by atoms with E-state index in [1.165, 1.54) is 27.7 Å². The molecule has 1 aliphatic rings. The lowest BCUT2D eigenvalue weighted by Crippen LogP contribution is -2.48. The number of benzene rings is 3. The second-order valence-electron chi connectivity index (χ2n) is 13.0. The molecule has 2 amide bonds. The van der Waals surface area contributed by atoms with E-state index in [9.17, 15) is 9.59 Å². The fourth-order valence-electron chi connectivity index (χ4n) is 5.90. The standard InChI is InChI=1S/C36H47N5O4/c1-7-41-32-11-9-8-10-30(32)31-24-28(14-17-33(31)41)26-40(35(43)45-36(2,3)4)22-23-44-34(42)39-20-18-38(19-21-39)25-27-12-15-29(16-13-27)37(5)6/h8-17,24H,7,18-23,25-26H2,1-6H3. The van der Waals surface area contributed by atoms with E-state index in [0.29, 0.717) is 19.6 Å². The molecule has 0 saturated carbocycles. The minimum Gasteiger partial charge on any atom is -0.448 e. The van der Waals surface area contributed by atoms with E-state index in [4.69, 9.17) is 9.47 Å². The molecule has 1 fully saturated rings. The van der Waals surface area contributed by atoms with Crippen LogP contribution in [0.2, 0.25) is 0 Å². The SMILES string of the molecule is CCn1c2ccccc2c2cc(CN(CCOC(=O)N3CCN(Cc4ccc(N(C)C)cc4)CC3)C(=O)OC(C)(C)C)ccc21. The Morgan fingerprint density at radius 3 is 2.18 bits per heavy atom. The Bertz CT molecular complexity index is 1610. The lowest BCUT2D eigenvalue weighted by molar-refractivity contribution is 0.0165. The zero-order valence-electron chi connectivity index (χ0n) is 27.6. The van der Waals surface area contributed by atoms with Crippen molar-refractivity contribution in [3.05, 3.63) is 77.9 Å². The van der Waals surface area contributed by atoms with Crippen molar-refractivity contribution in [1.29, 1.82) is 0 Å². The van der Waals surface area contributed by atoms with Crippen molar-refractivity contribution < 1.29 is 19.1 Å². The number of fused-ring (bicyclic) bond motifs is 3. The van der Waals surface area contributed by atoms with Crippen LogP contribution in [0.4, 0.5) is 15.3 Å². The number of para-hydroxylation sites is 1. The maximum absolute atomic E-state index is 13.2. The molecule has 0 N–H and O–H groups in total. The third-order valence-electron chi connectivity index (χ3n) is 8.25. The van der Waals surface area contributed by atoms with Gasteiger partial charge in [-0.15, -0.1) is 0 Å². The van der Waals surface area contributed by atoms with Crippen LogP contribution in [0, 0.1) is 0 Å². The lowest BCUT2D eigenvalue weighted by atomic mass is 10.1. The number of aromatic nitrogens is 1. The van der Waals surface area contributed by atoms with Crippen LogP contribution in [-0.4, -0.2) is 90.5 Å². The predicted octanol–water partition coefficient (Wildman–Crippen LogP) is 6.57. The normalized spacial score (nSPS) is 14.1. The molecular weight excluding hydrogens is 566 g/mol. The van der Waals surface area contributed by atoms with Gasteiger partial charge in [0.1, 0.15) is 12.2 Å². The molecule has 0 spiro atoms. The molecule has 2 heterocycles. The largest absolute Gasteiger partial charge is 0.448 e. The van der Waals surface area contributed by atoms with Crippen molar-refractivity contribution in [2.45, 2.75) is 52.9 Å². The molecule has 5 rings (SSSR count). The van der Waals surface area contributed by atoms with Crippen molar-refractivity contribution >= 4 is 39.7 Å². The minimum absolute atomic E-state index is 0.0912. The maximum atomic E-state index is 13.2. The molecule has 0 aliphatic carbocycles. The first-order valence-electron chi connectivity index (χ1n) is 15.9. The quantitative estimate of drug-likeness (QED) is 0.213. The fourth-order valence-corrected chi connectivity index (χ4v) is 5.90. The van der Waals surface area contributed by atoms with Gasteiger partial charge < -0.3 is 28.7 Å². The Morgan fingerprint density at radius 1 is 0.844 bits per heavy atom. The van der Waals surface area contributed by atoms with Gasteiger partial charge in [-0.25, -0.2) is 9.59 Å². The van der Waals surface area contributed by atoms with Crippen molar-refractivity contribution in [1.82, 2.24) is 19.3 Å². The number of carbonyl (C=O) groups excluding carboxylic acids is 2. The molecule has 1 saturated heterocycles. The minimum atomic E-state index is -0.640. The number of ether oxygens (including phenoxy) is 2. The van der Waals surface area contributed by atoms with Gasteiger partial charge in [0.15, 0.2) is 0 Å². The van der Waals surface area contributed by atoms with Gasteiger partial charge in [-0.05, 0) is 69.2 Å². The highest BCUT2D eigenvalue weighted by atomic mass is 16.6. The Hall–Kier alpha value is -4.24. The summed E-state index contributed by atoms with van der Waals surface area (Å²) in [5.74, 6) is 0. The van der Waals surface area contributed by atoms with Gasteiger partial charge in [-0.1, -0.05) is 36.4 Å². The van der Waals surface area contributed by atoms with Crippen LogP contribution in [-0.2, 0) is 29.1 Å². The van der Waals surface area contributed by atoms with Crippen LogP contribution in [0.5, 0.6) is 0 Å². The molecular formula is C36H47N5O4.